The standard InChI is InChI=1S/C23H32N4O2/c1-24-23(25-11-10-21-8-3-4-9-22(21)28-2)26-17-19-6-5-7-20(16-19)18-27-12-14-29-15-13-27/h3-9,16H,10-15,17-18H2,1-2H3,(H2,24,25,26). The summed E-state index contributed by atoms with van der Waals surface area (Å²) in [6.45, 7) is 6.18. The monoisotopic (exact) mass is 396 g/mol. The minimum absolute atomic E-state index is 0.741. The Balaban J connectivity index is 1.46. The minimum atomic E-state index is 0.741. The predicted molar refractivity (Wildman–Crippen MR) is 117 cm³/mol. The van der Waals surface area contributed by atoms with Crippen molar-refractivity contribution in [2.45, 2.75) is 19.5 Å². The summed E-state index contributed by atoms with van der Waals surface area (Å²) in [6, 6.07) is 16.9. The maximum atomic E-state index is 5.43. The lowest BCUT2D eigenvalue weighted by atomic mass is 10.1. The van der Waals surface area contributed by atoms with Crippen molar-refractivity contribution < 1.29 is 9.47 Å². The van der Waals surface area contributed by atoms with E-state index in [1.54, 1.807) is 14.2 Å². The average molecular weight is 397 g/mol. The van der Waals surface area contributed by atoms with Gasteiger partial charge in [0.2, 0.25) is 0 Å². The highest BCUT2D eigenvalue weighted by Crippen LogP contribution is 2.17. The summed E-state index contributed by atoms with van der Waals surface area (Å²) in [7, 11) is 3.51. The van der Waals surface area contributed by atoms with Crippen LogP contribution in [0.1, 0.15) is 16.7 Å². The number of nitrogens with zero attached hydrogens (tertiary/aromatic N) is 2. The fraction of sp³-hybridized carbons (Fsp3) is 0.435. The Hall–Kier alpha value is -2.57. The zero-order valence-corrected chi connectivity index (χ0v) is 17.5. The molecule has 2 N–H and O–H groups in total. The topological polar surface area (TPSA) is 58.1 Å². The molecule has 1 saturated heterocycles. The van der Waals surface area contributed by atoms with Crippen molar-refractivity contribution in [3.8, 4) is 5.75 Å². The zero-order valence-electron chi connectivity index (χ0n) is 17.5. The number of hydrogen-bond acceptors (Lipinski definition) is 4. The number of benzene rings is 2. The molecule has 0 spiro atoms. The first-order valence-corrected chi connectivity index (χ1v) is 10.2. The van der Waals surface area contributed by atoms with Gasteiger partial charge in [0.05, 0.1) is 20.3 Å². The molecular weight excluding hydrogens is 364 g/mol. The molecule has 0 saturated carbocycles. The van der Waals surface area contributed by atoms with Crippen LogP contribution in [0.15, 0.2) is 53.5 Å². The molecule has 0 aliphatic carbocycles. The number of para-hydroxylation sites is 1. The first-order valence-electron chi connectivity index (χ1n) is 10.2. The molecule has 2 aromatic carbocycles. The quantitative estimate of drug-likeness (QED) is 0.530. The SMILES string of the molecule is CN=C(NCCc1ccccc1OC)NCc1cccc(CN2CCOCC2)c1. The van der Waals surface area contributed by atoms with Crippen LogP contribution in [-0.2, 0) is 24.2 Å². The number of rotatable bonds is 8. The highest BCUT2D eigenvalue weighted by molar-refractivity contribution is 5.79. The van der Waals surface area contributed by atoms with E-state index in [1.807, 2.05) is 18.2 Å². The molecule has 0 atom stereocenters. The summed E-state index contributed by atoms with van der Waals surface area (Å²) >= 11 is 0. The second-order valence-corrected chi connectivity index (χ2v) is 7.12. The Kier molecular flexibility index (Phi) is 8.34. The molecule has 1 fully saturated rings. The molecule has 0 amide bonds. The molecule has 2 aromatic rings. The number of ether oxygens (including phenoxy) is 2. The van der Waals surface area contributed by atoms with Gasteiger partial charge in [0, 0.05) is 39.8 Å². The molecule has 0 unspecified atom stereocenters. The van der Waals surface area contributed by atoms with Crippen LogP contribution in [0.3, 0.4) is 0 Å². The Morgan fingerprint density at radius 1 is 1.07 bits per heavy atom. The summed E-state index contributed by atoms with van der Waals surface area (Å²) < 4.78 is 10.8. The van der Waals surface area contributed by atoms with Crippen molar-refractivity contribution in [2.75, 3.05) is 47.0 Å². The van der Waals surface area contributed by atoms with E-state index in [1.165, 1.54) is 16.7 Å². The second-order valence-electron chi connectivity index (χ2n) is 7.12. The molecule has 1 aliphatic heterocycles. The van der Waals surface area contributed by atoms with Gasteiger partial charge in [-0.15, -0.1) is 0 Å². The number of aliphatic imine (C=N–C) groups is 1. The summed E-state index contributed by atoms with van der Waals surface area (Å²) in [5.41, 5.74) is 3.78. The third-order valence-corrected chi connectivity index (χ3v) is 5.06. The molecule has 1 aliphatic rings. The molecule has 1 heterocycles. The van der Waals surface area contributed by atoms with E-state index < -0.39 is 0 Å². The third-order valence-electron chi connectivity index (χ3n) is 5.06. The first-order chi connectivity index (χ1) is 14.3. The van der Waals surface area contributed by atoms with Crippen LogP contribution in [0.2, 0.25) is 0 Å². The Morgan fingerprint density at radius 3 is 2.66 bits per heavy atom. The molecule has 0 aromatic heterocycles. The van der Waals surface area contributed by atoms with E-state index in [9.17, 15) is 0 Å². The van der Waals surface area contributed by atoms with Crippen molar-refractivity contribution in [1.29, 1.82) is 0 Å². The van der Waals surface area contributed by atoms with Gasteiger partial charge in [-0.25, -0.2) is 0 Å². The summed E-state index contributed by atoms with van der Waals surface area (Å²) in [4.78, 5) is 6.77. The largest absolute Gasteiger partial charge is 0.496 e. The van der Waals surface area contributed by atoms with Gasteiger partial charge < -0.3 is 20.1 Å². The van der Waals surface area contributed by atoms with E-state index in [0.29, 0.717) is 0 Å². The molecule has 156 valence electrons. The number of hydrogen-bond donors (Lipinski definition) is 2. The lowest BCUT2D eigenvalue weighted by molar-refractivity contribution is 0.0342. The summed E-state index contributed by atoms with van der Waals surface area (Å²) in [6.07, 6.45) is 0.875. The number of morpholine rings is 1. The number of methoxy groups -OCH3 is 1. The highest BCUT2D eigenvalue weighted by atomic mass is 16.5. The predicted octanol–water partition coefficient (Wildman–Crippen LogP) is 2.44. The lowest BCUT2D eigenvalue weighted by Gasteiger charge is -2.26. The van der Waals surface area contributed by atoms with E-state index in [0.717, 1.165) is 64.1 Å². The second kappa shape index (κ2) is 11.4. The van der Waals surface area contributed by atoms with Crippen molar-refractivity contribution in [3.05, 3.63) is 65.2 Å². The zero-order chi connectivity index (χ0) is 20.3. The van der Waals surface area contributed by atoms with Crippen LogP contribution in [0.4, 0.5) is 0 Å². The summed E-state index contributed by atoms with van der Waals surface area (Å²) in [5.74, 6) is 1.73. The van der Waals surface area contributed by atoms with Crippen LogP contribution < -0.4 is 15.4 Å². The van der Waals surface area contributed by atoms with Crippen molar-refractivity contribution in [1.82, 2.24) is 15.5 Å². The van der Waals surface area contributed by atoms with E-state index in [4.69, 9.17) is 9.47 Å². The van der Waals surface area contributed by atoms with Crippen molar-refractivity contribution in [3.63, 3.8) is 0 Å². The van der Waals surface area contributed by atoms with Crippen LogP contribution >= 0.6 is 0 Å². The van der Waals surface area contributed by atoms with E-state index in [-0.39, 0.29) is 0 Å². The molecule has 0 bridgehead atoms. The molecule has 29 heavy (non-hydrogen) atoms. The van der Waals surface area contributed by atoms with Gasteiger partial charge in [0.1, 0.15) is 5.75 Å². The molecule has 3 rings (SSSR count). The maximum Gasteiger partial charge on any atom is 0.191 e. The van der Waals surface area contributed by atoms with Crippen molar-refractivity contribution >= 4 is 5.96 Å². The Morgan fingerprint density at radius 2 is 1.86 bits per heavy atom. The van der Waals surface area contributed by atoms with Crippen LogP contribution in [-0.4, -0.2) is 57.9 Å². The van der Waals surface area contributed by atoms with Crippen LogP contribution in [0.5, 0.6) is 5.75 Å². The van der Waals surface area contributed by atoms with Gasteiger partial charge in [-0.2, -0.15) is 0 Å². The molecule has 6 heteroatoms. The van der Waals surface area contributed by atoms with Gasteiger partial charge in [0.25, 0.3) is 0 Å². The maximum absolute atomic E-state index is 5.43. The first kappa shape index (κ1) is 21.1. The van der Waals surface area contributed by atoms with Gasteiger partial charge in [-0.1, -0.05) is 42.5 Å². The fourth-order valence-electron chi connectivity index (χ4n) is 3.49. The Labute approximate surface area is 173 Å². The van der Waals surface area contributed by atoms with Gasteiger partial charge >= 0.3 is 0 Å². The van der Waals surface area contributed by atoms with Crippen molar-refractivity contribution in [2.24, 2.45) is 4.99 Å². The highest BCUT2D eigenvalue weighted by Gasteiger charge is 2.11. The molecule has 0 radical (unpaired) electrons. The minimum Gasteiger partial charge on any atom is -0.496 e. The lowest BCUT2D eigenvalue weighted by Crippen LogP contribution is -2.38. The number of guanidine groups is 1. The fourth-order valence-corrected chi connectivity index (χ4v) is 3.49. The van der Waals surface area contributed by atoms with E-state index in [2.05, 4.69) is 50.9 Å². The van der Waals surface area contributed by atoms with Gasteiger partial charge in [-0.05, 0) is 29.2 Å². The molecular formula is C23H32N4O2. The molecule has 6 nitrogen and oxygen atoms in total. The third kappa shape index (κ3) is 6.76. The van der Waals surface area contributed by atoms with Gasteiger partial charge in [0.15, 0.2) is 5.96 Å². The Bertz CT molecular complexity index is 788. The van der Waals surface area contributed by atoms with Crippen LogP contribution in [0, 0.1) is 0 Å². The smallest absolute Gasteiger partial charge is 0.191 e. The van der Waals surface area contributed by atoms with Gasteiger partial charge in [-0.3, -0.25) is 9.89 Å². The van der Waals surface area contributed by atoms with E-state index >= 15 is 0 Å². The summed E-state index contributed by atoms with van der Waals surface area (Å²) in [5, 5.41) is 6.79. The average Bonchev–Trinajstić information content (AvgIpc) is 2.77. The normalized spacial score (nSPS) is 15.2. The van der Waals surface area contributed by atoms with Crippen LogP contribution in [0.25, 0.3) is 0 Å². The number of nitrogens with one attached hydrogen (secondary N) is 2.